The molecule has 0 spiro atoms. The summed E-state index contributed by atoms with van der Waals surface area (Å²) in [6.45, 7) is 6.78. The van der Waals surface area contributed by atoms with Crippen LogP contribution in [0.1, 0.15) is 48.3 Å². The monoisotopic (exact) mass is 221 g/mol. The van der Waals surface area contributed by atoms with Gasteiger partial charge in [-0.3, -0.25) is 9.59 Å². The number of aldehydes is 1. The molecule has 0 radical (unpaired) electrons. The Morgan fingerprint density at radius 2 is 2.06 bits per heavy atom. The average molecular weight is 221 g/mol. The molecule has 3 nitrogen and oxygen atoms in total. The van der Waals surface area contributed by atoms with Gasteiger partial charge in [-0.05, 0) is 31.4 Å². The summed E-state index contributed by atoms with van der Waals surface area (Å²) in [5.41, 5.74) is 2.20. The van der Waals surface area contributed by atoms with Crippen LogP contribution < -0.4 is 5.56 Å². The van der Waals surface area contributed by atoms with Gasteiger partial charge in [-0.15, -0.1) is 0 Å². The number of hydrogen-bond donors (Lipinski definition) is 0. The molecule has 0 atom stereocenters. The van der Waals surface area contributed by atoms with Crippen molar-refractivity contribution in [3.05, 3.63) is 33.2 Å². The summed E-state index contributed by atoms with van der Waals surface area (Å²) in [4.78, 5) is 22.8. The van der Waals surface area contributed by atoms with Gasteiger partial charge in [-0.2, -0.15) is 0 Å². The fraction of sp³-hybridized carbons (Fsp3) is 0.538. The standard InChI is InChI=1S/C13H19NO2/c1-4-6-7-14-12(5-2)10(3)8-11(9-15)13(14)16/h8-9H,4-7H2,1-3H3. The molecule has 16 heavy (non-hydrogen) atoms. The highest BCUT2D eigenvalue weighted by molar-refractivity contribution is 5.74. The van der Waals surface area contributed by atoms with E-state index >= 15 is 0 Å². The number of unbranched alkanes of at least 4 members (excludes halogenated alkanes) is 1. The summed E-state index contributed by atoms with van der Waals surface area (Å²) >= 11 is 0. The SMILES string of the molecule is CCCCn1c(CC)c(C)cc(C=O)c1=O. The van der Waals surface area contributed by atoms with Crippen LogP contribution in [-0.2, 0) is 13.0 Å². The smallest absolute Gasteiger partial charge is 0.261 e. The molecule has 1 aromatic rings. The summed E-state index contributed by atoms with van der Waals surface area (Å²) in [6, 6.07) is 1.69. The minimum Gasteiger partial charge on any atom is -0.312 e. The van der Waals surface area contributed by atoms with Crippen LogP contribution in [0.2, 0.25) is 0 Å². The third-order valence-corrected chi connectivity index (χ3v) is 2.84. The van der Waals surface area contributed by atoms with Crippen molar-refractivity contribution in [1.82, 2.24) is 4.57 Å². The molecule has 3 heteroatoms. The fourth-order valence-electron chi connectivity index (χ4n) is 1.98. The van der Waals surface area contributed by atoms with Crippen LogP contribution in [0.15, 0.2) is 10.9 Å². The molecule has 0 aliphatic carbocycles. The molecule has 0 fully saturated rings. The van der Waals surface area contributed by atoms with Gasteiger partial charge < -0.3 is 4.57 Å². The van der Waals surface area contributed by atoms with Gasteiger partial charge in [0.1, 0.15) is 0 Å². The van der Waals surface area contributed by atoms with Gasteiger partial charge in [0.2, 0.25) is 0 Å². The molecule has 0 amide bonds. The lowest BCUT2D eigenvalue weighted by Gasteiger charge is -2.14. The van der Waals surface area contributed by atoms with Crippen molar-refractivity contribution in [2.45, 2.75) is 46.6 Å². The first kappa shape index (κ1) is 12.7. The topological polar surface area (TPSA) is 39.1 Å². The summed E-state index contributed by atoms with van der Waals surface area (Å²) < 4.78 is 1.75. The number of carbonyl (C=O) groups excluding carboxylic acids is 1. The average Bonchev–Trinajstić information content (AvgIpc) is 2.29. The van der Waals surface area contributed by atoms with Crippen LogP contribution in [0, 0.1) is 6.92 Å². The van der Waals surface area contributed by atoms with Crippen molar-refractivity contribution in [2.75, 3.05) is 0 Å². The van der Waals surface area contributed by atoms with Crippen molar-refractivity contribution in [2.24, 2.45) is 0 Å². The van der Waals surface area contributed by atoms with Gasteiger partial charge in [0.25, 0.3) is 5.56 Å². The molecular formula is C13H19NO2. The molecular weight excluding hydrogens is 202 g/mol. The van der Waals surface area contributed by atoms with E-state index in [9.17, 15) is 9.59 Å². The second kappa shape index (κ2) is 5.64. The molecule has 1 aromatic heterocycles. The summed E-state index contributed by atoms with van der Waals surface area (Å²) in [5.74, 6) is 0. The van der Waals surface area contributed by atoms with E-state index in [1.165, 1.54) is 0 Å². The maximum Gasteiger partial charge on any atom is 0.261 e. The Hall–Kier alpha value is -1.38. The van der Waals surface area contributed by atoms with E-state index in [0.29, 0.717) is 12.8 Å². The number of rotatable bonds is 5. The Bertz CT molecular complexity index is 432. The Morgan fingerprint density at radius 3 is 2.56 bits per heavy atom. The number of hydrogen-bond acceptors (Lipinski definition) is 2. The number of aryl methyl sites for hydroxylation is 1. The Balaban J connectivity index is 3.33. The van der Waals surface area contributed by atoms with Crippen molar-refractivity contribution in [3.63, 3.8) is 0 Å². The van der Waals surface area contributed by atoms with Gasteiger partial charge >= 0.3 is 0 Å². The van der Waals surface area contributed by atoms with Gasteiger partial charge in [-0.25, -0.2) is 0 Å². The minimum atomic E-state index is -0.147. The van der Waals surface area contributed by atoms with Gasteiger partial charge in [-0.1, -0.05) is 20.3 Å². The summed E-state index contributed by atoms with van der Waals surface area (Å²) in [6.07, 6.45) is 3.48. The summed E-state index contributed by atoms with van der Waals surface area (Å²) in [7, 11) is 0. The number of carbonyl (C=O) groups is 1. The second-order valence-electron chi connectivity index (χ2n) is 4.01. The molecule has 0 saturated carbocycles. The highest BCUT2D eigenvalue weighted by Gasteiger charge is 2.10. The van der Waals surface area contributed by atoms with Crippen LogP contribution in [0.3, 0.4) is 0 Å². The van der Waals surface area contributed by atoms with Gasteiger partial charge in [0.15, 0.2) is 6.29 Å². The van der Waals surface area contributed by atoms with Crippen LogP contribution in [0.25, 0.3) is 0 Å². The Morgan fingerprint density at radius 1 is 1.38 bits per heavy atom. The zero-order valence-corrected chi connectivity index (χ0v) is 10.2. The molecule has 0 aromatic carbocycles. The third kappa shape index (κ3) is 2.40. The molecule has 88 valence electrons. The lowest BCUT2D eigenvalue weighted by atomic mass is 10.1. The highest BCUT2D eigenvalue weighted by atomic mass is 16.1. The molecule has 0 saturated heterocycles. The molecule has 0 N–H and O–H groups in total. The van der Waals surface area contributed by atoms with E-state index in [0.717, 1.165) is 30.5 Å². The van der Waals surface area contributed by atoms with Crippen molar-refractivity contribution in [1.29, 1.82) is 0 Å². The first-order valence-corrected chi connectivity index (χ1v) is 5.84. The number of aromatic nitrogens is 1. The van der Waals surface area contributed by atoms with Crippen molar-refractivity contribution in [3.8, 4) is 0 Å². The maximum absolute atomic E-state index is 12.0. The van der Waals surface area contributed by atoms with Crippen LogP contribution >= 0.6 is 0 Å². The first-order chi connectivity index (χ1) is 7.65. The first-order valence-electron chi connectivity index (χ1n) is 5.84. The van der Waals surface area contributed by atoms with E-state index in [-0.39, 0.29) is 11.1 Å². The lowest BCUT2D eigenvalue weighted by molar-refractivity contribution is 0.112. The van der Waals surface area contributed by atoms with E-state index in [1.54, 1.807) is 10.6 Å². The zero-order chi connectivity index (χ0) is 12.1. The van der Waals surface area contributed by atoms with Crippen LogP contribution in [0.5, 0.6) is 0 Å². The number of nitrogens with zero attached hydrogens (tertiary/aromatic N) is 1. The lowest BCUT2D eigenvalue weighted by Crippen LogP contribution is -2.27. The second-order valence-corrected chi connectivity index (χ2v) is 4.01. The van der Waals surface area contributed by atoms with E-state index in [4.69, 9.17) is 0 Å². The third-order valence-electron chi connectivity index (χ3n) is 2.84. The zero-order valence-electron chi connectivity index (χ0n) is 10.2. The largest absolute Gasteiger partial charge is 0.312 e. The Labute approximate surface area is 96.1 Å². The predicted octanol–water partition coefficient (Wildman–Crippen LogP) is 2.33. The van der Waals surface area contributed by atoms with Crippen molar-refractivity contribution < 1.29 is 4.79 Å². The normalized spacial score (nSPS) is 10.4. The quantitative estimate of drug-likeness (QED) is 0.716. The van der Waals surface area contributed by atoms with Gasteiger partial charge in [0, 0.05) is 12.2 Å². The molecule has 0 aliphatic rings. The molecule has 1 heterocycles. The predicted molar refractivity (Wildman–Crippen MR) is 65.1 cm³/mol. The Kier molecular flexibility index (Phi) is 4.47. The maximum atomic E-state index is 12.0. The van der Waals surface area contributed by atoms with Crippen LogP contribution in [0.4, 0.5) is 0 Å². The van der Waals surface area contributed by atoms with Crippen molar-refractivity contribution >= 4 is 6.29 Å². The van der Waals surface area contributed by atoms with Crippen LogP contribution in [-0.4, -0.2) is 10.9 Å². The molecule has 1 rings (SSSR count). The molecule has 0 bridgehead atoms. The minimum absolute atomic E-state index is 0.147. The number of pyridine rings is 1. The van der Waals surface area contributed by atoms with E-state index in [1.807, 2.05) is 13.8 Å². The van der Waals surface area contributed by atoms with E-state index in [2.05, 4.69) is 6.92 Å². The fourth-order valence-corrected chi connectivity index (χ4v) is 1.98. The van der Waals surface area contributed by atoms with Gasteiger partial charge in [0.05, 0.1) is 5.56 Å². The molecule has 0 aliphatic heterocycles. The summed E-state index contributed by atoms with van der Waals surface area (Å²) in [5, 5.41) is 0. The molecule has 0 unspecified atom stereocenters. The highest BCUT2D eigenvalue weighted by Crippen LogP contribution is 2.09. The van der Waals surface area contributed by atoms with E-state index < -0.39 is 0 Å².